The number of rotatable bonds is 4. The van der Waals surface area contributed by atoms with E-state index in [9.17, 15) is 0 Å². The predicted octanol–water partition coefficient (Wildman–Crippen LogP) is 1.50. The van der Waals surface area contributed by atoms with E-state index in [2.05, 4.69) is 36.0 Å². The molecule has 1 aliphatic rings. The Balaban J connectivity index is 1.91. The van der Waals surface area contributed by atoms with Gasteiger partial charge in [0.25, 0.3) is 0 Å². The zero-order chi connectivity index (χ0) is 13.8. The molecule has 4 nitrogen and oxygen atoms in total. The molecule has 0 amide bonds. The van der Waals surface area contributed by atoms with Crippen LogP contribution in [-0.4, -0.2) is 48.9 Å². The molecule has 1 heterocycles. The Labute approximate surface area is 115 Å². The number of piperidine rings is 1. The molecule has 1 aliphatic heterocycles. The topological polar surface area (TPSA) is 56.4 Å². The van der Waals surface area contributed by atoms with Gasteiger partial charge in [-0.15, -0.1) is 0 Å². The summed E-state index contributed by atoms with van der Waals surface area (Å²) >= 11 is 0. The molecule has 1 fully saturated rings. The number of nitrogens with two attached hydrogens (primary N) is 1. The molecule has 19 heavy (non-hydrogen) atoms. The van der Waals surface area contributed by atoms with Crippen molar-refractivity contribution < 1.29 is 0 Å². The normalized spacial score (nSPS) is 17.8. The molecule has 0 aliphatic carbocycles. The van der Waals surface area contributed by atoms with Crippen molar-refractivity contribution in [3.63, 3.8) is 0 Å². The van der Waals surface area contributed by atoms with Crippen LogP contribution in [0.25, 0.3) is 0 Å². The Bertz CT molecular complexity index is 418. The van der Waals surface area contributed by atoms with Crippen molar-refractivity contribution in [3.05, 3.63) is 35.4 Å². The Morgan fingerprint density at radius 2 is 1.89 bits per heavy atom. The van der Waals surface area contributed by atoms with Crippen molar-refractivity contribution in [3.8, 4) is 0 Å². The summed E-state index contributed by atoms with van der Waals surface area (Å²) in [5.74, 6) is 0.134. The van der Waals surface area contributed by atoms with Gasteiger partial charge in [-0.3, -0.25) is 10.3 Å². The van der Waals surface area contributed by atoms with Crippen LogP contribution in [0, 0.1) is 5.41 Å². The number of nitrogens with zero attached hydrogens (tertiary/aromatic N) is 2. The van der Waals surface area contributed by atoms with Gasteiger partial charge in [-0.25, -0.2) is 0 Å². The third-order valence-electron chi connectivity index (χ3n) is 4.01. The first kappa shape index (κ1) is 14.0. The molecule has 0 unspecified atom stereocenters. The number of hydrogen-bond acceptors (Lipinski definition) is 3. The lowest BCUT2D eigenvalue weighted by molar-refractivity contribution is 0.139. The van der Waals surface area contributed by atoms with Crippen LogP contribution < -0.4 is 5.73 Å². The largest absolute Gasteiger partial charge is 0.384 e. The molecule has 1 saturated heterocycles. The second-order valence-corrected chi connectivity index (χ2v) is 5.56. The van der Waals surface area contributed by atoms with Crippen LogP contribution in [0.5, 0.6) is 0 Å². The van der Waals surface area contributed by atoms with Gasteiger partial charge in [-0.2, -0.15) is 0 Å². The average molecular weight is 260 g/mol. The van der Waals surface area contributed by atoms with Crippen LogP contribution in [0.4, 0.5) is 0 Å². The van der Waals surface area contributed by atoms with E-state index < -0.39 is 0 Å². The summed E-state index contributed by atoms with van der Waals surface area (Å²) in [6.45, 7) is 3.35. The molecule has 4 heteroatoms. The standard InChI is InChI=1S/C15H24N4/c1-18-9-7-14(8-10-18)19(2)11-12-3-5-13(6-4-12)15(16)17/h3-6,14H,7-11H2,1-2H3,(H3,16,17). The maximum absolute atomic E-state index is 7.39. The highest BCUT2D eigenvalue weighted by Crippen LogP contribution is 2.16. The number of nitrogens with one attached hydrogen (secondary N) is 1. The number of nitrogen functional groups attached to an aromatic ring is 1. The maximum atomic E-state index is 7.39. The number of hydrogen-bond donors (Lipinski definition) is 2. The zero-order valence-electron chi connectivity index (χ0n) is 11.9. The highest BCUT2D eigenvalue weighted by molar-refractivity contribution is 5.94. The third-order valence-corrected chi connectivity index (χ3v) is 4.01. The maximum Gasteiger partial charge on any atom is 0.122 e. The average Bonchev–Trinajstić information content (AvgIpc) is 2.40. The molecule has 1 aromatic carbocycles. The van der Waals surface area contributed by atoms with Gasteiger partial charge in [0.2, 0.25) is 0 Å². The van der Waals surface area contributed by atoms with Crippen molar-refractivity contribution >= 4 is 5.84 Å². The molecule has 0 atom stereocenters. The van der Waals surface area contributed by atoms with Crippen LogP contribution >= 0.6 is 0 Å². The van der Waals surface area contributed by atoms with E-state index in [0.29, 0.717) is 6.04 Å². The second kappa shape index (κ2) is 6.17. The number of amidine groups is 1. The molecular weight excluding hydrogens is 236 g/mol. The van der Waals surface area contributed by atoms with Gasteiger partial charge in [0.05, 0.1) is 0 Å². The molecular formula is C15H24N4. The van der Waals surface area contributed by atoms with Crippen LogP contribution in [0.1, 0.15) is 24.0 Å². The highest BCUT2D eigenvalue weighted by Gasteiger charge is 2.20. The lowest BCUT2D eigenvalue weighted by Gasteiger charge is -2.35. The zero-order valence-corrected chi connectivity index (χ0v) is 11.9. The summed E-state index contributed by atoms with van der Waals surface area (Å²) in [5, 5.41) is 7.39. The SMILES string of the molecule is CN1CCC(N(C)Cc2ccc(C(=N)N)cc2)CC1. The van der Waals surface area contributed by atoms with Crippen molar-refractivity contribution in [1.82, 2.24) is 9.80 Å². The van der Waals surface area contributed by atoms with Crippen LogP contribution in [0.3, 0.4) is 0 Å². The van der Waals surface area contributed by atoms with E-state index in [0.717, 1.165) is 12.1 Å². The summed E-state index contributed by atoms with van der Waals surface area (Å²) in [7, 11) is 4.39. The summed E-state index contributed by atoms with van der Waals surface area (Å²) in [6, 6.07) is 8.69. The molecule has 0 spiro atoms. The van der Waals surface area contributed by atoms with Crippen LogP contribution in [0.15, 0.2) is 24.3 Å². The fourth-order valence-corrected chi connectivity index (χ4v) is 2.64. The minimum Gasteiger partial charge on any atom is -0.384 e. The first-order chi connectivity index (χ1) is 9.06. The lowest BCUT2D eigenvalue weighted by Crippen LogP contribution is -2.41. The van der Waals surface area contributed by atoms with Crippen molar-refractivity contribution in [2.75, 3.05) is 27.2 Å². The molecule has 0 aromatic heterocycles. The Kier molecular flexibility index (Phi) is 4.56. The van der Waals surface area contributed by atoms with Gasteiger partial charge in [-0.05, 0) is 45.6 Å². The summed E-state index contributed by atoms with van der Waals surface area (Å²) in [6.07, 6.45) is 2.50. The predicted molar refractivity (Wildman–Crippen MR) is 79.4 cm³/mol. The van der Waals surface area contributed by atoms with E-state index in [1.165, 1.54) is 31.5 Å². The molecule has 1 aromatic rings. The molecule has 3 N–H and O–H groups in total. The van der Waals surface area contributed by atoms with Crippen molar-refractivity contribution in [1.29, 1.82) is 5.41 Å². The quantitative estimate of drug-likeness (QED) is 0.637. The smallest absolute Gasteiger partial charge is 0.122 e. The monoisotopic (exact) mass is 260 g/mol. The van der Waals surface area contributed by atoms with Crippen LogP contribution in [-0.2, 0) is 6.54 Å². The van der Waals surface area contributed by atoms with Crippen LogP contribution in [0.2, 0.25) is 0 Å². The highest BCUT2D eigenvalue weighted by atomic mass is 15.2. The summed E-state index contributed by atoms with van der Waals surface area (Å²) in [4.78, 5) is 4.84. The molecule has 0 radical (unpaired) electrons. The van der Waals surface area contributed by atoms with Gasteiger partial charge in [0.1, 0.15) is 5.84 Å². The van der Waals surface area contributed by atoms with Gasteiger partial charge in [0, 0.05) is 18.2 Å². The van der Waals surface area contributed by atoms with E-state index in [1.54, 1.807) is 0 Å². The van der Waals surface area contributed by atoms with Gasteiger partial charge >= 0.3 is 0 Å². The Hall–Kier alpha value is -1.39. The number of likely N-dealkylation sites (tertiary alicyclic amines) is 1. The van der Waals surface area contributed by atoms with E-state index in [-0.39, 0.29) is 5.84 Å². The van der Waals surface area contributed by atoms with Crippen molar-refractivity contribution in [2.45, 2.75) is 25.4 Å². The summed E-state index contributed by atoms with van der Waals surface area (Å²) in [5.41, 5.74) is 7.54. The third kappa shape index (κ3) is 3.78. The molecule has 0 saturated carbocycles. The minimum atomic E-state index is 0.134. The Morgan fingerprint density at radius 3 is 2.42 bits per heavy atom. The van der Waals surface area contributed by atoms with E-state index in [4.69, 9.17) is 11.1 Å². The Morgan fingerprint density at radius 1 is 1.32 bits per heavy atom. The minimum absolute atomic E-state index is 0.134. The van der Waals surface area contributed by atoms with Gasteiger partial charge in [0.15, 0.2) is 0 Å². The number of benzene rings is 1. The van der Waals surface area contributed by atoms with E-state index in [1.807, 2.05) is 12.1 Å². The molecule has 2 rings (SSSR count). The second-order valence-electron chi connectivity index (χ2n) is 5.56. The summed E-state index contributed by atoms with van der Waals surface area (Å²) < 4.78 is 0. The molecule has 0 bridgehead atoms. The first-order valence-electron chi connectivity index (χ1n) is 6.88. The first-order valence-corrected chi connectivity index (χ1v) is 6.88. The lowest BCUT2D eigenvalue weighted by atomic mass is 10.0. The molecule has 104 valence electrons. The van der Waals surface area contributed by atoms with E-state index >= 15 is 0 Å². The van der Waals surface area contributed by atoms with Gasteiger partial charge < -0.3 is 10.6 Å². The van der Waals surface area contributed by atoms with Gasteiger partial charge in [-0.1, -0.05) is 24.3 Å². The fraction of sp³-hybridized carbons (Fsp3) is 0.533. The fourth-order valence-electron chi connectivity index (χ4n) is 2.64. The van der Waals surface area contributed by atoms with Crippen molar-refractivity contribution in [2.24, 2.45) is 5.73 Å².